The molecule has 26 heavy (non-hydrogen) atoms. The number of nitrogens with one attached hydrogen (secondary N) is 1. The second-order valence-electron chi connectivity index (χ2n) is 5.83. The van der Waals surface area contributed by atoms with Gasteiger partial charge < -0.3 is 11.1 Å². The van der Waals surface area contributed by atoms with Crippen LogP contribution in [0.2, 0.25) is 0 Å². The van der Waals surface area contributed by atoms with Gasteiger partial charge in [-0.25, -0.2) is 4.68 Å². The Morgan fingerprint density at radius 3 is 2.38 bits per heavy atom. The Morgan fingerprint density at radius 1 is 1.12 bits per heavy atom. The summed E-state index contributed by atoms with van der Waals surface area (Å²) in [5.41, 5.74) is 9.17. The highest BCUT2D eigenvalue weighted by Crippen LogP contribution is 2.17. The van der Waals surface area contributed by atoms with E-state index in [1.165, 1.54) is 15.1 Å². The van der Waals surface area contributed by atoms with Crippen LogP contribution in [0, 0.1) is 0 Å². The van der Waals surface area contributed by atoms with Gasteiger partial charge in [-0.05, 0) is 48.1 Å². The number of amides is 1. The number of nitrogens with two attached hydrogens (primary N) is 1. The molecular formula is C19H21N5OS. The van der Waals surface area contributed by atoms with Gasteiger partial charge in [-0.3, -0.25) is 4.79 Å². The van der Waals surface area contributed by atoms with Gasteiger partial charge in [0, 0.05) is 10.6 Å². The first kappa shape index (κ1) is 18.0. The van der Waals surface area contributed by atoms with E-state index in [1.54, 1.807) is 11.8 Å². The minimum Gasteiger partial charge on any atom is -0.382 e. The molecular weight excluding hydrogens is 346 g/mol. The summed E-state index contributed by atoms with van der Waals surface area (Å²) in [5.74, 6) is -0.114. The van der Waals surface area contributed by atoms with Crippen LogP contribution in [0.15, 0.2) is 53.4 Å². The van der Waals surface area contributed by atoms with Crippen molar-refractivity contribution in [3.05, 3.63) is 65.4 Å². The predicted molar refractivity (Wildman–Crippen MR) is 106 cm³/mol. The van der Waals surface area contributed by atoms with Crippen molar-refractivity contribution in [3.63, 3.8) is 0 Å². The zero-order valence-electron chi connectivity index (χ0n) is 14.8. The van der Waals surface area contributed by atoms with E-state index in [-0.39, 0.29) is 17.4 Å². The molecule has 1 heterocycles. The van der Waals surface area contributed by atoms with Crippen molar-refractivity contribution >= 4 is 29.2 Å². The topological polar surface area (TPSA) is 85.8 Å². The summed E-state index contributed by atoms with van der Waals surface area (Å²) in [6, 6.07) is 15.8. The van der Waals surface area contributed by atoms with Crippen LogP contribution in [0.3, 0.4) is 0 Å². The number of carbonyl (C=O) groups is 1. The number of rotatable bonds is 6. The Labute approximate surface area is 156 Å². The Kier molecular flexibility index (Phi) is 5.58. The summed E-state index contributed by atoms with van der Waals surface area (Å²) in [6.45, 7) is 2.55. The molecule has 2 aromatic carbocycles. The number of hydrogen-bond donors (Lipinski definition) is 2. The maximum atomic E-state index is 12.4. The second kappa shape index (κ2) is 8.05. The molecule has 0 atom stereocenters. The molecule has 0 aliphatic rings. The molecule has 7 heteroatoms. The van der Waals surface area contributed by atoms with Crippen LogP contribution in [-0.4, -0.2) is 27.2 Å². The highest BCUT2D eigenvalue weighted by Gasteiger charge is 2.17. The molecule has 0 unspecified atom stereocenters. The average Bonchev–Trinajstić information content (AvgIpc) is 3.03. The van der Waals surface area contributed by atoms with Gasteiger partial charge in [0.1, 0.15) is 0 Å². The maximum absolute atomic E-state index is 12.4. The van der Waals surface area contributed by atoms with E-state index in [1.807, 2.05) is 54.8 Å². The zero-order valence-corrected chi connectivity index (χ0v) is 15.6. The molecule has 3 rings (SSSR count). The quantitative estimate of drug-likeness (QED) is 0.652. The monoisotopic (exact) mass is 367 g/mol. The van der Waals surface area contributed by atoms with Crippen LogP contribution >= 0.6 is 11.8 Å². The van der Waals surface area contributed by atoms with Gasteiger partial charge in [0.15, 0.2) is 11.5 Å². The minimum atomic E-state index is -0.365. The van der Waals surface area contributed by atoms with E-state index < -0.39 is 0 Å². The molecule has 3 aromatic rings. The Hall–Kier alpha value is -2.80. The van der Waals surface area contributed by atoms with E-state index in [4.69, 9.17) is 5.73 Å². The van der Waals surface area contributed by atoms with E-state index in [0.29, 0.717) is 12.2 Å². The second-order valence-corrected chi connectivity index (χ2v) is 6.71. The van der Waals surface area contributed by atoms with Gasteiger partial charge in [-0.2, -0.15) is 0 Å². The molecule has 0 fully saturated rings. The number of thioether (sulfide) groups is 1. The lowest BCUT2D eigenvalue weighted by atomic mass is 10.1. The third-order valence-electron chi connectivity index (χ3n) is 4.10. The summed E-state index contributed by atoms with van der Waals surface area (Å²) in [6.07, 6.45) is 2.98. The minimum absolute atomic E-state index is 0.130. The average molecular weight is 367 g/mol. The van der Waals surface area contributed by atoms with Crippen LogP contribution in [-0.2, 0) is 13.0 Å². The third kappa shape index (κ3) is 4.05. The molecule has 0 spiro atoms. The molecule has 0 aliphatic heterocycles. The predicted octanol–water partition coefficient (Wildman–Crippen LogP) is 3.45. The number of nitrogen functional groups attached to an aromatic ring is 1. The Balaban J connectivity index is 1.71. The van der Waals surface area contributed by atoms with Gasteiger partial charge in [0.2, 0.25) is 0 Å². The van der Waals surface area contributed by atoms with Gasteiger partial charge in [0.25, 0.3) is 5.91 Å². The van der Waals surface area contributed by atoms with E-state index in [9.17, 15) is 4.79 Å². The molecule has 0 bridgehead atoms. The van der Waals surface area contributed by atoms with Crippen LogP contribution < -0.4 is 11.1 Å². The Morgan fingerprint density at radius 2 is 1.77 bits per heavy atom. The first-order valence-electron chi connectivity index (χ1n) is 8.33. The summed E-state index contributed by atoms with van der Waals surface area (Å²) < 4.78 is 1.53. The van der Waals surface area contributed by atoms with Crippen molar-refractivity contribution in [2.45, 2.75) is 24.8 Å². The molecule has 0 radical (unpaired) electrons. The summed E-state index contributed by atoms with van der Waals surface area (Å²) in [4.78, 5) is 13.6. The van der Waals surface area contributed by atoms with Gasteiger partial charge in [0.05, 0.1) is 6.54 Å². The van der Waals surface area contributed by atoms with Crippen molar-refractivity contribution in [1.82, 2.24) is 15.0 Å². The van der Waals surface area contributed by atoms with Crippen LogP contribution in [0.25, 0.3) is 0 Å². The zero-order chi connectivity index (χ0) is 18.5. The summed E-state index contributed by atoms with van der Waals surface area (Å²) in [7, 11) is 0. The molecule has 0 saturated heterocycles. The number of hydrogen-bond acceptors (Lipinski definition) is 5. The normalized spacial score (nSPS) is 10.7. The lowest BCUT2D eigenvalue weighted by Gasteiger charge is -2.06. The molecule has 0 saturated carbocycles. The highest BCUT2D eigenvalue weighted by molar-refractivity contribution is 7.98. The van der Waals surface area contributed by atoms with Crippen molar-refractivity contribution in [3.8, 4) is 0 Å². The van der Waals surface area contributed by atoms with Gasteiger partial charge in [-0.1, -0.05) is 36.4 Å². The maximum Gasteiger partial charge on any atom is 0.280 e. The van der Waals surface area contributed by atoms with Crippen molar-refractivity contribution < 1.29 is 4.79 Å². The number of benzene rings is 2. The van der Waals surface area contributed by atoms with E-state index in [2.05, 4.69) is 22.6 Å². The third-order valence-corrected chi connectivity index (χ3v) is 4.84. The lowest BCUT2D eigenvalue weighted by molar-refractivity contribution is 0.102. The van der Waals surface area contributed by atoms with E-state index >= 15 is 0 Å². The SMILES string of the molecule is CCc1ccc(NC(=O)c2nnn(Cc3ccc(SC)cc3)c2N)cc1. The van der Waals surface area contributed by atoms with Crippen molar-refractivity contribution in [1.29, 1.82) is 0 Å². The van der Waals surface area contributed by atoms with Crippen molar-refractivity contribution in [2.75, 3.05) is 17.3 Å². The lowest BCUT2D eigenvalue weighted by Crippen LogP contribution is -2.15. The first-order valence-corrected chi connectivity index (χ1v) is 9.55. The molecule has 1 aromatic heterocycles. The van der Waals surface area contributed by atoms with Crippen LogP contribution in [0.1, 0.15) is 28.5 Å². The first-order chi connectivity index (χ1) is 12.6. The molecule has 0 aliphatic carbocycles. The molecule has 3 N–H and O–H groups in total. The molecule has 6 nitrogen and oxygen atoms in total. The number of anilines is 2. The van der Waals surface area contributed by atoms with Crippen LogP contribution in [0.4, 0.5) is 11.5 Å². The van der Waals surface area contributed by atoms with Gasteiger partial charge in [-0.15, -0.1) is 16.9 Å². The molecule has 134 valence electrons. The smallest absolute Gasteiger partial charge is 0.280 e. The Bertz CT molecular complexity index is 887. The van der Waals surface area contributed by atoms with Gasteiger partial charge >= 0.3 is 0 Å². The van der Waals surface area contributed by atoms with Crippen LogP contribution in [0.5, 0.6) is 0 Å². The fourth-order valence-electron chi connectivity index (χ4n) is 2.52. The number of nitrogens with zero attached hydrogens (tertiary/aromatic N) is 3. The summed E-state index contributed by atoms with van der Waals surface area (Å²) in [5, 5.41) is 10.8. The fraction of sp³-hybridized carbons (Fsp3) is 0.211. The largest absolute Gasteiger partial charge is 0.382 e. The fourth-order valence-corrected chi connectivity index (χ4v) is 2.93. The number of aryl methyl sites for hydroxylation is 1. The van der Waals surface area contributed by atoms with Crippen molar-refractivity contribution in [2.24, 2.45) is 0 Å². The molecule has 1 amide bonds. The van der Waals surface area contributed by atoms with E-state index in [0.717, 1.165) is 12.0 Å². The number of carbonyl (C=O) groups excluding carboxylic acids is 1. The highest BCUT2D eigenvalue weighted by atomic mass is 32.2. The standard InChI is InChI=1S/C19H21N5OS/c1-3-13-4-8-15(9-5-13)21-19(25)17-18(20)24(23-22-17)12-14-6-10-16(26-2)11-7-14/h4-11H,3,12,20H2,1-2H3,(H,21,25). The number of aromatic nitrogens is 3. The summed E-state index contributed by atoms with van der Waals surface area (Å²) >= 11 is 1.69.